The first kappa shape index (κ1) is 7.30. The number of hydrogen-bond acceptors (Lipinski definition) is 2. The third-order valence-corrected chi connectivity index (χ3v) is 0.565. The van der Waals surface area contributed by atoms with E-state index in [0.29, 0.717) is 5.03 Å². The summed E-state index contributed by atoms with van der Waals surface area (Å²) in [7, 11) is 0. The van der Waals surface area contributed by atoms with Crippen LogP contribution in [-0.2, 0) is 4.79 Å². The Balaban J connectivity index is 3.55. The molecule has 0 aromatic carbocycles. The predicted molar refractivity (Wildman–Crippen MR) is 36.5 cm³/mol. The molecule has 0 fully saturated rings. The Bertz CT molecular complexity index is 130. The molecule has 0 atom stereocenters. The third kappa shape index (κ3) is 3.49. The van der Waals surface area contributed by atoms with Crippen LogP contribution in [0.1, 0.15) is 0 Å². The summed E-state index contributed by atoms with van der Waals surface area (Å²) in [4.78, 5) is 10.3. The highest BCUT2D eigenvalue weighted by molar-refractivity contribution is 7.84. The van der Waals surface area contributed by atoms with Gasteiger partial charge in [0.25, 0.3) is 0 Å². The van der Waals surface area contributed by atoms with Crippen LogP contribution in [0.4, 0.5) is 0 Å². The Labute approximate surface area is 53.7 Å². The van der Waals surface area contributed by atoms with E-state index in [1.165, 1.54) is 0 Å². The monoisotopic (exact) mass is 129 g/mol. The minimum atomic E-state index is -0.287. The van der Waals surface area contributed by atoms with Gasteiger partial charge in [-0.25, -0.2) is 0 Å². The average molecular weight is 129 g/mol. The van der Waals surface area contributed by atoms with E-state index in [4.69, 9.17) is 0 Å². The summed E-state index contributed by atoms with van der Waals surface area (Å²) in [5, 5.41) is 2.63. The first-order chi connectivity index (χ1) is 3.66. The maximum Gasteiger partial charge on any atom is 0.248 e. The van der Waals surface area contributed by atoms with E-state index in [9.17, 15) is 4.79 Å². The summed E-state index contributed by atoms with van der Waals surface area (Å²) in [6, 6.07) is 0. The van der Waals surface area contributed by atoms with Crippen molar-refractivity contribution in [1.82, 2.24) is 5.32 Å². The van der Waals surface area contributed by atoms with E-state index >= 15 is 0 Å². The zero-order chi connectivity index (χ0) is 6.57. The molecule has 0 bridgehead atoms. The van der Waals surface area contributed by atoms with Crippen LogP contribution in [0.5, 0.6) is 0 Å². The standard InChI is InChI=1S/C5H7NOS/c1-3-5(7)6-4(2)8/h3,8H,1-2H2,(H,6,7). The van der Waals surface area contributed by atoms with E-state index in [-0.39, 0.29) is 5.91 Å². The van der Waals surface area contributed by atoms with Crippen LogP contribution in [0.25, 0.3) is 0 Å². The van der Waals surface area contributed by atoms with Crippen molar-refractivity contribution in [2.45, 2.75) is 0 Å². The Morgan fingerprint density at radius 2 is 2.25 bits per heavy atom. The zero-order valence-corrected chi connectivity index (χ0v) is 5.24. The maximum absolute atomic E-state index is 10.3. The molecule has 0 rings (SSSR count). The quantitative estimate of drug-likeness (QED) is 0.417. The molecule has 0 aromatic rings. The van der Waals surface area contributed by atoms with Crippen molar-refractivity contribution < 1.29 is 4.79 Å². The van der Waals surface area contributed by atoms with E-state index in [0.717, 1.165) is 6.08 Å². The fraction of sp³-hybridized carbons (Fsp3) is 0. The molecule has 0 spiro atoms. The van der Waals surface area contributed by atoms with E-state index in [2.05, 4.69) is 31.1 Å². The molecule has 1 N–H and O–H groups in total. The zero-order valence-electron chi connectivity index (χ0n) is 4.35. The van der Waals surface area contributed by atoms with Crippen molar-refractivity contribution >= 4 is 18.5 Å². The van der Waals surface area contributed by atoms with Gasteiger partial charge in [0.2, 0.25) is 5.91 Å². The Kier molecular flexibility index (Phi) is 3.03. The molecule has 44 valence electrons. The molecule has 0 aromatic heterocycles. The lowest BCUT2D eigenvalue weighted by atomic mass is 10.6. The molecule has 0 aliphatic rings. The number of hydrogen-bond donors (Lipinski definition) is 2. The van der Waals surface area contributed by atoms with Gasteiger partial charge < -0.3 is 5.32 Å². The second-order valence-corrected chi connectivity index (χ2v) is 1.68. The van der Waals surface area contributed by atoms with Crippen molar-refractivity contribution in [2.24, 2.45) is 0 Å². The molecule has 8 heavy (non-hydrogen) atoms. The minimum absolute atomic E-state index is 0.287. The Morgan fingerprint density at radius 1 is 1.75 bits per heavy atom. The van der Waals surface area contributed by atoms with Gasteiger partial charge in [0.05, 0.1) is 5.03 Å². The van der Waals surface area contributed by atoms with Gasteiger partial charge in [0, 0.05) is 0 Å². The third-order valence-electron chi connectivity index (χ3n) is 0.453. The first-order valence-electron chi connectivity index (χ1n) is 1.98. The number of carbonyl (C=O) groups is 1. The summed E-state index contributed by atoms with van der Waals surface area (Å²) in [5.74, 6) is -0.287. The molecular formula is C5H7NOS. The van der Waals surface area contributed by atoms with E-state index in [1.807, 2.05) is 0 Å². The first-order valence-corrected chi connectivity index (χ1v) is 2.43. The van der Waals surface area contributed by atoms with Gasteiger partial charge in [0.15, 0.2) is 0 Å². The predicted octanol–water partition coefficient (Wildman–Crippen LogP) is 0.690. The molecule has 0 aliphatic heterocycles. The van der Waals surface area contributed by atoms with Crippen LogP contribution in [0, 0.1) is 0 Å². The number of carbonyl (C=O) groups excluding carboxylic acids is 1. The van der Waals surface area contributed by atoms with Crippen molar-refractivity contribution in [3.05, 3.63) is 24.3 Å². The van der Waals surface area contributed by atoms with Crippen molar-refractivity contribution in [1.29, 1.82) is 0 Å². The largest absolute Gasteiger partial charge is 0.318 e. The molecule has 2 nitrogen and oxygen atoms in total. The summed E-state index contributed by atoms with van der Waals surface area (Å²) in [6.07, 6.45) is 1.15. The van der Waals surface area contributed by atoms with E-state index in [1.54, 1.807) is 0 Å². The average Bonchev–Trinajstić information content (AvgIpc) is 1.65. The highest BCUT2D eigenvalue weighted by Gasteiger charge is 1.89. The molecule has 0 unspecified atom stereocenters. The molecule has 0 saturated heterocycles. The second-order valence-electron chi connectivity index (χ2n) is 1.14. The van der Waals surface area contributed by atoms with Gasteiger partial charge in [0.1, 0.15) is 0 Å². The number of amides is 1. The molecule has 0 heterocycles. The fourth-order valence-electron chi connectivity index (χ4n) is 0.193. The molecule has 0 saturated carbocycles. The number of nitrogens with one attached hydrogen (secondary N) is 1. The molecule has 3 heteroatoms. The topological polar surface area (TPSA) is 29.1 Å². The van der Waals surface area contributed by atoms with E-state index < -0.39 is 0 Å². The molecular weight excluding hydrogens is 122 g/mol. The second kappa shape index (κ2) is 3.32. The van der Waals surface area contributed by atoms with Crippen LogP contribution in [-0.4, -0.2) is 5.91 Å². The Morgan fingerprint density at radius 3 is 2.38 bits per heavy atom. The molecule has 0 aliphatic carbocycles. The lowest BCUT2D eigenvalue weighted by molar-refractivity contribution is -0.115. The van der Waals surface area contributed by atoms with Gasteiger partial charge in [-0.1, -0.05) is 13.2 Å². The van der Waals surface area contributed by atoms with Gasteiger partial charge in [-0.05, 0) is 6.08 Å². The summed E-state index contributed by atoms with van der Waals surface area (Å²) in [6.45, 7) is 6.55. The molecule has 1 amide bonds. The van der Waals surface area contributed by atoms with Crippen LogP contribution >= 0.6 is 12.6 Å². The molecule has 0 radical (unpaired) electrons. The van der Waals surface area contributed by atoms with Crippen LogP contribution < -0.4 is 5.32 Å². The van der Waals surface area contributed by atoms with Gasteiger partial charge in [-0.15, -0.1) is 12.6 Å². The highest BCUT2D eigenvalue weighted by Crippen LogP contribution is 1.86. The smallest absolute Gasteiger partial charge is 0.248 e. The van der Waals surface area contributed by atoms with Crippen LogP contribution in [0.3, 0.4) is 0 Å². The number of rotatable bonds is 2. The van der Waals surface area contributed by atoms with Gasteiger partial charge in [-0.3, -0.25) is 4.79 Å². The minimum Gasteiger partial charge on any atom is -0.318 e. The SMILES string of the molecule is C=CC(=O)NC(=C)S. The summed E-state index contributed by atoms with van der Waals surface area (Å²) >= 11 is 3.72. The van der Waals surface area contributed by atoms with Crippen molar-refractivity contribution in [2.75, 3.05) is 0 Å². The van der Waals surface area contributed by atoms with Crippen molar-refractivity contribution in [3.8, 4) is 0 Å². The van der Waals surface area contributed by atoms with Crippen LogP contribution in [0.2, 0.25) is 0 Å². The lowest BCUT2D eigenvalue weighted by Crippen LogP contribution is -2.15. The summed E-state index contributed by atoms with van der Waals surface area (Å²) < 4.78 is 0. The number of thiol groups is 1. The van der Waals surface area contributed by atoms with Gasteiger partial charge >= 0.3 is 0 Å². The fourth-order valence-corrected chi connectivity index (χ4v) is 0.303. The van der Waals surface area contributed by atoms with Gasteiger partial charge in [-0.2, -0.15) is 0 Å². The highest BCUT2D eigenvalue weighted by atomic mass is 32.1. The van der Waals surface area contributed by atoms with Crippen LogP contribution in [0.15, 0.2) is 24.3 Å². The van der Waals surface area contributed by atoms with Crippen molar-refractivity contribution in [3.63, 3.8) is 0 Å². The Hall–Kier alpha value is -0.700. The normalized spacial score (nSPS) is 7.62. The summed E-state index contributed by atoms with van der Waals surface area (Å²) in [5.41, 5.74) is 0. The lowest BCUT2D eigenvalue weighted by Gasteiger charge is -1.94. The maximum atomic E-state index is 10.3.